The van der Waals surface area contributed by atoms with Crippen molar-refractivity contribution in [2.24, 2.45) is 0 Å². The third kappa shape index (κ3) is 4.52. The van der Waals surface area contributed by atoms with E-state index in [1.165, 1.54) is 0 Å². The average molecular weight is 646 g/mol. The molecule has 0 atom stereocenters. The number of fused-ring (bicyclic) bond motifs is 6. The summed E-state index contributed by atoms with van der Waals surface area (Å²) in [4.78, 5) is 15.0. The molecule has 5 nitrogen and oxygen atoms in total. The quantitative estimate of drug-likeness (QED) is 0.187. The summed E-state index contributed by atoms with van der Waals surface area (Å²) in [7, 11) is 0. The number of hydrogen-bond acceptors (Lipinski definition) is 4. The number of benzene rings is 7. The molecule has 10 aromatic rings. The van der Waals surface area contributed by atoms with E-state index in [1.54, 1.807) is 0 Å². The Morgan fingerprint density at radius 1 is 0.460 bits per heavy atom. The molecule has 7 aromatic carbocycles. The van der Waals surface area contributed by atoms with E-state index in [-0.39, 0.29) is 29.7 Å². The van der Waals surface area contributed by atoms with Crippen molar-refractivity contribution in [2.45, 2.75) is 0 Å². The van der Waals surface area contributed by atoms with Crippen LogP contribution in [0.3, 0.4) is 0 Å². The standard InChI is InChI=1S/C45H28N4O/c1-4-14-29(15-5-1)32-26-27-34-33-20-10-11-22-36(33)49(38(34)28-32)37-23-13-25-40-42(37)41-35(21-12-24-39(41)50-40)45-47-43(30-16-6-2-7-17-30)46-44(48-45)31-18-8-3-9-19-31/h1-28H/i1D,4D,5D,14D,15D. The van der Waals surface area contributed by atoms with Crippen LogP contribution in [0, 0.1) is 0 Å². The summed E-state index contributed by atoms with van der Waals surface area (Å²) in [6.45, 7) is 0. The SMILES string of the molecule is [2H]c1c([2H])c([2H])c(-c2ccc3c4ccccc4n(-c4cccc5oc6cccc(-c7nc(-c8ccccc8)nc(-c8ccccc8)n7)c6c45)c3c2)c([2H])c1[2H]. The Hall–Kier alpha value is -6.85. The smallest absolute Gasteiger partial charge is 0.164 e. The van der Waals surface area contributed by atoms with E-state index in [1.807, 2.05) is 121 Å². The number of para-hydroxylation sites is 1. The number of furan rings is 1. The van der Waals surface area contributed by atoms with E-state index >= 15 is 0 Å². The van der Waals surface area contributed by atoms with Gasteiger partial charge in [0, 0.05) is 32.8 Å². The molecule has 0 aliphatic carbocycles. The van der Waals surface area contributed by atoms with Crippen LogP contribution in [0.2, 0.25) is 0 Å². The molecule has 0 bridgehead atoms. The van der Waals surface area contributed by atoms with Gasteiger partial charge in [0.15, 0.2) is 17.5 Å². The van der Waals surface area contributed by atoms with Crippen LogP contribution in [-0.4, -0.2) is 19.5 Å². The van der Waals surface area contributed by atoms with Crippen molar-refractivity contribution in [1.82, 2.24) is 19.5 Å². The van der Waals surface area contributed by atoms with Gasteiger partial charge in [-0.05, 0) is 41.5 Å². The topological polar surface area (TPSA) is 56.7 Å². The third-order valence-electron chi connectivity index (χ3n) is 9.14. The molecular weight excluding hydrogens is 613 g/mol. The van der Waals surface area contributed by atoms with Gasteiger partial charge in [0.05, 0.1) is 29.0 Å². The number of rotatable bonds is 5. The lowest BCUT2D eigenvalue weighted by molar-refractivity contribution is 0.669. The molecule has 0 fully saturated rings. The van der Waals surface area contributed by atoms with Crippen molar-refractivity contribution in [3.63, 3.8) is 0 Å². The van der Waals surface area contributed by atoms with Crippen LogP contribution in [0.15, 0.2) is 174 Å². The first-order valence-electron chi connectivity index (χ1n) is 18.8. The van der Waals surface area contributed by atoms with Crippen molar-refractivity contribution in [2.75, 3.05) is 0 Å². The minimum Gasteiger partial charge on any atom is -0.456 e. The van der Waals surface area contributed by atoms with E-state index < -0.39 is 6.04 Å². The fourth-order valence-corrected chi connectivity index (χ4v) is 6.93. The second kappa shape index (κ2) is 11.4. The molecule has 3 heterocycles. The molecule has 0 amide bonds. The number of nitrogens with zero attached hydrogens (tertiary/aromatic N) is 4. The molecule has 0 N–H and O–H groups in total. The summed E-state index contributed by atoms with van der Waals surface area (Å²) in [5.41, 5.74) is 7.12. The van der Waals surface area contributed by atoms with Crippen LogP contribution in [-0.2, 0) is 0 Å². The molecule has 3 aromatic heterocycles. The number of aromatic nitrogens is 4. The highest BCUT2D eigenvalue weighted by atomic mass is 16.3. The molecule has 0 unspecified atom stereocenters. The fourth-order valence-electron chi connectivity index (χ4n) is 6.93. The molecule has 0 aliphatic rings. The van der Waals surface area contributed by atoms with Gasteiger partial charge in [-0.3, -0.25) is 0 Å². The van der Waals surface area contributed by atoms with E-state index in [0.29, 0.717) is 34.2 Å². The Balaban J connectivity index is 1.27. The Morgan fingerprint density at radius 2 is 1.08 bits per heavy atom. The van der Waals surface area contributed by atoms with Gasteiger partial charge in [0.2, 0.25) is 0 Å². The van der Waals surface area contributed by atoms with Crippen LogP contribution < -0.4 is 0 Å². The first-order valence-corrected chi connectivity index (χ1v) is 16.3. The van der Waals surface area contributed by atoms with Crippen molar-refractivity contribution in [1.29, 1.82) is 0 Å². The van der Waals surface area contributed by atoms with Crippen molar-refractivity contribution >= 4 is 43.7 Å². The first-order chi connectivity index (χ1) is 26.9. The van der Waals surface area contributed by atoms with Gasteiger partial charge in [0.25, 0.3) is 0 Å². The zero-order chi connectivity index (χ0) is 37.4. The van der Waals surface area contributed by atoms with Crippen molar-refractivity contribution in [3.05, 3.63) is 170 Å². The normalized spacial score (nSPS) is 13.0. The van der Waals surface area contributed by atoms with Gasteiger partial charge in [-0.15, -0.1) is 0 Å². The summed E-state index contributed by atoms with van der Waals surface area (Å²) >= 11 is 0. The Bertz CT molecular complexity index is 3070. The lowest BCUT2D eigenvalue weighted by Crippen LogP contribution is -2.00. The molecule has 0 spiro atoms. The minimum atomic E-state index is -0.423. The summed E-state index contributed by atoms with van der Waals surface area (Å²) in [5, 5.41) is 3.65. The average Bonchev–Trinajstić information content (AvgIpc) is 3.78. The molecule has 10 rings (SSSR count). The van der Waals surface area contributed by atoms with Crippen LogP contribution >= 0.6 is 0 Å². The lowest BCUT2D eigenvalue weighted by atomic mass is 10.0. The predicted octanol–water partition coefficient (Wildman–Crippen LogP) is 11.5. The molecule has 5 heteroatoms. The molecule has 0 saturated heterocycles. The Morgan fingerprint density at radius 3 is 1.82 bits per heavy atom. The largest absolute Gasteiger partial charge is 0.456 e. The molecular formula is C45H28N4O. The maximum absolute atomic E-state index is 8.72. The second-order valence-corrected chi connectivity index (χ2v) is 12.1. The van der Waals surface area contributed by atoms with Gasteiger partial charge in [0.1, 0.15) is 11.2 Å². The van der Waals surface area contributed by atoms with Crippen LogP contribution in [0.1, 0.15) is 6.85 Å². The van der Waals surface area contributed by atoms with Gasteiger partial charge in [-0.25, -0.2) is 15.0 Å². The Labute approximate surface area is 294 Å². The van der Waals surface area contributed by atoms with Gasteiger partial charge < -0.3 is 8.98 Å². The van der Waals surface area contributed by atoms with Crippen LogP contribution in [0.25, 0.3) is 94.7 Å². The lowest BCUT2D eigenvalue weighted by Gasteiger charge is -2.12. The van der Waals surface area contributed by atoms with Gasteiger partial charge in [-0.1, -0.05) is 139 Å². The maximum Gasteiger partial charge on any atom is 0.164 e. The number of hydrogen-bond donors (Lipinski definition) is 0. The first kappa shape index (κ1) is 23.5. The summed E-state index contributed by atoms with van der Waals surface area (Å²) in [5.74, 6) is 1.61. The summed E-state index contributed by atoms with van der Waals surface area (Å²) in [6, 6.07) is 43.8. The van der Waals surface area contributed by atoms with Gasteiger partial charge in [-0.2, -0.15) is 0 Å². The van der Waals surface area contributed by atoms with E-state index in [0.717, 1.165) is 55.0 Å². The third-order valence-corrected chi connectivity index (χ3v) is 9.14. The zero-order valence-electron chi connectivity index (χ0n) is 31.5. The molecule has 0 saturated carbocycles. The van der Waals surface area contributed by atoms with E-state index in [4.69, 9.17) is 26.2 Å². The molecule has 0 aliphatic heterocycles. The fraction of sp³-hybridized carbons (Fsp3) is 0. The van der Waals surface area contributed by atoms with Gasteiger partial charge >= 0.3 is 0 Å². The Kier molecular flexibility index (Phi) is 5.35. The molecule has 0 radical (unpaired) electrons. The molecule has 234 valence electrons. The monoisotopic (exact) mass is 645 g/mol. The summed E-state index contributed by atoms with van der Waals surface area (Å²) < 4.78 is 51.0. The van der Waals surface area contributed by atoms with E-state index in [2.05, 4.69) is 22.8 Å². The van der Waals surface area contributed by atoms with E-state index in [9.17, 15) is 0 Å². The predicted molar refractivity (Wildman–Crippen MR) is 203 cm³/mol. The highest BCUT2D eigenvalue weighted by Crippen LogP contribution is 2.42. The van der Waals surface area contributed by atoms with Crippen LogP contribution in [0.5, 0.6) is 0 Å². The van der Waals surface area contributed by atoms with Crippen molar-refractivity contribution in [3.8, 4) is 51.0 Å². The summed E-state index contributed by atoms with van der Waals surface area (Å²) in [6.07, 6.45) is 0. The molecule has 50 heavy (non-hydrogen) atoms. The zero-order valence-corrected chi connectivity index (χ0v) is 26.5. The minimum absolute atomic E-state index is 0.150. The van der Waals surface area contributed by atoms with Crippen LogP contribution in [0.4, 0.5) is 0 Å². The second-order valence-electron chi connectivity index (χ2n) is 12.1. The highest BCUT2D eigenvalue weighted by molar-refractivity contribution is 6.18. The maximum atomic E-state index is 8.72. The highest BCUT2D eigenvalue weighted by Gasteiger charge is 2.22. The van der Waals surface area contributed by atoms with Crippen molar-refractivity contribution < 1.29 is 11.3 Å².